The van der Waals surface area contributed by atoms with Crippen LogP contribution in [0.4, 0.5) is 19.0 Å². The third kappa shape index (κ3) is 4.57. The Morgan fingerprint density at radius 3 is 2.79 bits per heavy atom. The predicted octanol–water partition coefficient (Wildman–Crippen LogP) is 3.98. The topological polar surface area (TPSA) is 90.9 Å². The van der Waals surface area contributed by atoms with Crippen molar-refractivity contribution in [3.05, 3.63) is 75.2 Å². The molecule has 0 unspecified atom stereocenters. The van der Waals surface area contributed by atoms with Crippen molar-refractivity contribution >= 4 is 27.7 Å². The fraction of sp³-hybridized carbons (Fsp3) is 0.167. The number of amides is 1. The van der Waals surface area contributed by atoms with E-state index in [-0.39, 0.29) is 17.1 Å². The van der Waals surface area contributed by atoms with E-state index in [1.807, 2.05) is 0 Å². The highest BCUT2D eigenvalue weighted by molar-refractivity contribution is 9.10. The summed E-state index contributed by atoms with van der Waals surface area (Å²) in [5.41, 5.74) is -0.101. The van der Waals surface area contributed by atoms with Crippen molar-refractivity contribution in [3.63, 3.8) is 0 Å². The molecule has 28 heavy (non-hydrogen) atoms. The molecule has 0 radical (unpaired) electrons. The number of alkyl halides is 2. The molecule has 10 heteroatoms. The number of aliphatic hydroxyl groups excluding tert-OH is 1. The van der Waals surface area contributed by atoms with E-state index < -0.39 is 30.3 Å². The first-order valence-corrected chi connectivity index (χ1v) is 8.84. The van der Waals surface area contributed by atoms with Gasteiger partial charge in [0.05, 0.1) is 22.3 Å². The Labute approximate surface area is 166 Å². The summed E-state index contributed by atoms with van der Waals surface area (Å²) < 4.78 is 40.0. The zero-order chi connectivity index (χ0) is 20.3. The van der Waals surface area contributed by atoms with Crippen LogP contribution in [0.3, 0.4) is 0 Å². The maximum absolute atomic E-state index is 13.6. The molecular weight excluding hydrogens is 441 g/mol. The van der Waals surface area contributed by atoms with Crippen molar-refractivity contribution in [3.8, 4) is 0 Å². The van der Waals surface area contributed by atoms with Crippen molar-refractivity contribution in [2.24, 2.45) is 0 Å². The lowest BCUT2D eigenvalue weighted by atomic mass is 10.1. The number of carbonyl (C=O) groups excluding carboxylic acids is 1. The minimum Gasteiger partial charge on any atom is -0.390 e. The number of halogens is 4. The Morgan fingerprint density at radius 2 is 2.11 bits per heavy atom. The van der Waals surface area contributed by atoms with Gasteiger partial charge in [-0.05, 0) is 39.7 Å². The van der Waals surface area contributed by atoms with Gasteiger partial charge in [0.1, 0.15) is 11.6 Å². The van der Waals surface area contributed by atoms with Gasteiger partial charge in [-0.15, -0.1) is 0 Å². The first kappa shape index (κ1) is 20.0. The molecule has 1 amide bonds. The minimum absolute atomic E-state index is 0.0907. The summed E-state index contributed by atoms with van der Waals surface area (Å²) in [4.78, 5) is 23.0. The molecular formula is C18H14BrF3N4O2. The molecule has 3 N–H and O–H groups in total. The van der Waals surface area contributed by atoms with Crippen molar-refractivity contribution < 1.29 is 23.1 Å². The monoisotopic (exact) mass is 454 g/mol. The minimum atomic E-state index is -2.87. The van der Waals surface area contributed by atoms with Gasteiger partial charge in [-0.25, -0.2) is 18.2 Å². The van der Waals surface area contributed by atoms with Crippen LogP contribution in [0.15, 0.2) is 41.1 Å². The third-order valence-corrected chi connectivity index (χ3v) is 4.52. The number of hydrogen-bond donors (Lipinski definition) is 3. The largest absolute Gasteiger partial charge is 0.390 e. The van der Waals surface area contributed by atoms with Crippen LogP contribution in [-0.4, -0.2) is 26.0 Å². The molecule has 1 aromatic carbocycles. The number of pyridine rings is 1. The fourth-order valence-corrected chi connectivity index (χ4v) is 2.75. The number of aliphatic hydroxyl groups is 1. The first-order valence-electron chi connectivity index (χ1n) is 8.04. The number of anilines is 1. The maximum Gasteiger partial charge on any atom is 0.265 e. The maximum atomic E-state index is 13.6. The van der Waals surface area contributed by atoms with E-state index >= 15 is 0 Å². The molecule has 146 valence electrons. The SMILES string of the molecule is O=C(Nc1c[nH]c(Cc2ccc(Br)c(F)c2)n1)c1cnc(CO)c(C(F)F)c1. The standard InChI is InChI=1S/C18H14BrF3N4O2/c19-12-2-1-9(3-13(12)20)4-15-24-7-16(25-15)26-18(28)10-5-11(17(21)22)14(8-27)23-6-10/h1-3,5-7,17,27H,4,8H2,(H,24,25)(H,26,28). The molecule has 0 aliphatic carbocycles. The van der Waals surface area contributed by atoms with Gasteiger partial charge in [-0.3, -0.25) is 9.78 Å². The normalized spacial score (nSPS) is 11.1. The van der Waals surface area contributed by atoms with Crippen LogP contribution in [0.2, 0.25) is 0 Å². The lowest BCUT2D eigenvalue weighted by molar-refractivity contribution is 0.102. The van der Waals surface area contributed by atoms with Crippen molar-refractivity contribution in [1.29, 1.82) is 0 Å². The fourth-order valence-electron chi connectivity index (χ4n) is 2.50. The molecule has 0 saturated heterocycles. The number of hydrogen-bond acceptors (Lipinski definition) is 4. The van der Waals surface area contributed by atoms with Crippen LogP contribution in [0.25, 0.3) is 0 Å². The Bertz CT molecular complexity index is 1010. The number of nitrogens with one attached hydrogen (secondary N) is 2. The third-order valence-electron chi connectivity index (χ3n) is 3.88. The molecule has 0 fully saturated rings. The molecule has 3 rings (SSSR count). The molecule has 2 heterocycles. The zero-order valence-corrected chi connectivity index (χ0v) is 15.8. The zero-order valence-electron chi connectivity index (χ0n) is 14.2. The van der Waals surface area contributed by atoms with Crippen molar-refractivity contribution in [2.45, 2.75) is 19.5 Å². The molecule has 0 aliphatic rings. The van der Waals surface area contributed by atoms with E-state index in [9.17, 15) is 18.0 Å². The smallest absolute Gasteiger partial charge is 0.265 e. The first-order chi connectivity index (χ1) is 13.4. The van der Waals surface area contributed by atoms with Gasteiger partial charge in [0.25, 0.3) is 12.3 Å². The second kappa shape index (κ2) is 8.53. The van der Waals surface area contributed by atoms with Crippen LogP contribution in [0.1, 0.15) is 39.4 Å². The van der Waals surface area contributed by atoms with Gasteiger partial charge < -0.3 is 15.4 Å². The Hall–Kier alpha value is -2.72. The highest BCUT2D eigenvalue weighted by Gasteiger charge is 2.18. The van der Waals surface area contributed by atoms with E-state index in [0.717, 1.165) is 12.3 Å². The molecule has 2 aromatic heterocycles. The summed E-state index contributed by atoms with van der Waals surface area (Å²) in [6.45, 7) is -0.652. The second-order valence-corrected chi connectivity index (χ2v) is 6.68. The quantitative estimate of drug-likeness (QED) is 0.525. The summed E-state index contributed by atoms with van der Waals surface area (Å²) >= 11 is 3.08. The van der Waals surface area contributed by atoms with Gasteiger partial charge in [0.2, 0.25) is 0 Å². The van der Waals surface area contributed by atoms with Crippen LogP contribution in [0, 0.1) is 5.82 Å². The van der Waals surface area contributed by atoms with E-state index in [4.69, 9.17) is 5.11 Å². The highest BCUT2D eigenvalue weighted by atomic mass is 79.9. The molecule has 6 nitrogen and oxygen atoms in total. The summed E-state index contributed by atoms with van der Waals surface area (Å²) in [7, 11) is 0. The molecule has 0 saturated carbocycles. The van der Waals surface area contributed by atoms with Gasteiger partial charge in [0, 0.05) is 24.4 Å². The average Bonchev–Trinajstić information content (AvgIpc) is 3.10. The summed E-state index contributed by atoms with van der Waals surface area (Å²) in [6, 6.07) is 5.66. The summed E-state index contributed by atoms with van der Waals surface area (Å²) in [5.74, 6) is -0.403. The number of benzene rings is 1. The van der Waals surface area contributed by atoms with Gasteiger partial charge in [-0.1, -0.05) is 6.07 Å². The van der Waals surface area contributed by atoms with E-state index in [2.05, 4.69) is 36.2 Å². The summed E-state index contributed by atoms with van der Waals surface area (Å²) in [5, 5.41) is 11.5. The van der Waals surface area contributed by atoms with E-state index in [0.29, 0.717) is 22.3 Å². The predicted molar refractivity (Wildman–Crippen MR) is 98.6 cm³/mol. The lowest BCUT2D eigenvalue weighted by Crippen LogP contribution is -2.14. The Morgan fingerprint density at radius 1 is 1.32 bits per heavy atom. The van der Waals surface area contributed by atoms with Crippen molar-refractivity contribution in [1.82, 2.24) is 15.0 Å². The lowest BCUT2D eigenvalue weighted by Gasteiger charge is -2.08. The number of nitrogens with zero attached hydrogens (tertiary/aromatic N) is 2. The number of rotatable bonds is 6. The van der Waals surface area contributed by atoms with Crippen LogP contribution in [-0.2, 0) is 13.0 Å². The Kier molecular flexibility index (Phi) is 6.10. The van der Waals surface area contributed by atoms with Crippen molar-refractivity contribution in [2.75, 3.05) is 5.32 Å². The Balaban J connectivity index is 1.71. The van der Waals surface area contributed by atoms with Crippen LogP contribution in [0.5, 0.6) is 0 Å². The molecule has 3 aromatic rings. The number of imidazole rings is 1. The number of aromatic amines is 1. The molecule has 0 aliphatic heterocycles. The number of H-pyrrole nitrogens is 1. The number of carbonyl (C=O) groups is 1. The van der Waals surface area contributed by atoms with Gasteiger partial charge in [-0.2, -0.15) is 0 Å². The van der Waals surface area contributed by atoms with E-state index in [1.165, 1.54) is 12.3 Å². The molecule has 0 spiro atoms. The second-order valence-electron chi connectivity index (χ2n) is 5.83. The highest BCUT2D eigenvalue weighted by Crippen LogP contribution is 2.23. The molecule has 0 atom stereocenters. The molecule has 0 bridgehead atoms. The average molecular weight is 455 g/mol. The summed E-state index contributed by atoms with van der Waals surface area (Å²) in [6.07, 6.45) is -0.0232. The van der Waals surface area contributed by atoms with Crippen LogP contribution >= 0.6 is 15.9 Å². The van der Waals surface area contributed by atoms with Gasteiger partial charge in [0.15, 0.2) is 5.82 Å². The van der Waals surface area contributed by atoms with E-state index in [1.54, 1.807) is 12.1 Å². The van der Waals surface area contributed by atoms with Crippen LogP contribution < -0.4 is 5.32 Å². The van der Waals surface area contributed by atoms with Gasteiger partial charge >= 0.3 is 0 Å². The number of aromatic nitrogens is 3.